The Morgan fingerprint density at radius 1 is 1.25 bits per heavy atom. The zero-order valence-corrected chi connectivity index (χ0v) is 12.1. The second-order valence-electron chi connectivity index (χ2n) is 5.61. The van der Waals surface area contributed by atoms with E-state index < -0.39 is 12.0 Å². The van der Waals surface area contributed by atoms with E-state index in [1.807, 2.05) is 30.3 Å². The van der Waals surface area contributed by atoms with E-state index in [1.54, 1.807) is 0 Å². The first-order valence-corrected chi connectivity index (χ1v) is 7.43. The number of aliphatic carboxylic acids is 1. The van der Waals surface area contributed by atoms with Gasteiger partial charge in [0, 0.05) is 12.6 Å². The summed E-state index contributed by atoms with van der Waals surface area (Å²) in [6, 6.07) is 8.91. The van der Waals surface area contributed by atoms with Crippen molar-refractivity contribution in [2.75, 3.05) is 19.6 Å². The van der Waals surface area contributed by atoms with Gasteiger partial charge in [0.15, 0.2) is 0 Å². The fraction of sp³-hybridized carbons (Fsp3) is 0.562. The van der Waals surface area contributed by atoms with Gasteiger partial charge in [0.2, 0.25) is 0 Å². The summed E-state index contributed by atoms with van der Waals surface area (Å²) in [5.41, 5.74) is 0.811. The molecule has 4 heteroatoms. The highest BCUT2D eigenvalue weighted by molar-refractivity contribution is 5.75. The molecular weight excluding hydrogens is 252 g/mol. The standard InChI is InChI=1S/C16H24N2O2/c1-13(12-18-10-6-3-7-11-18)17-15(16(19)20)14-8-4-2-5-9-14/h2,4-5,8-9,13,15,17H,3,6-7,10-12H2,1H3,(H,19,20). The molecule has 0 aliphatic carbocycles. The van der Waals surface area contributed by atoms with E-state index in [-0.39, 0.29) is 6.04 Å². The maximum absolute atomic E-state index is 11.5. The van der Waals surface area contributed by atoms with E-state index in [0.717, 1.165) is 25.2 Å². The summed E-state index contributed by atoms with van der Waals surface area (Å²) in [6.45, 7) is 5.24. The van der Waals surface area contributed by atoms with Crippen LogP contribution in [0.25, 0.3) is 0 Å². The van der Waals surface area contributed by atoms with Crippen molar-refractivity contribution in [2.24, 2.45) is 0 Å². The molecule has 1 aromatic carbocycles. The van der Waals surface area contributed by atoms with Gasteiger partial charge in [0.05, 0.1) is 0 Å². The van der Waals surface area contributed by atoms with Crippen LogP contribution in [0.4, 0.5) is 0 Å². The quantitative estimate of drug-likeness (QED) is 0.837. The summed E-state index contributed by atoms with van der Waals surface area (Å²) < 4.78 is 0. The Kier molecular flexibility index (Phi) is 5.56. The third-order valence-corrected chi connectivity index (χ3v) is 3.81. The number of carbonyl (C=O) groups is 1. The van der Waals surface area contributed by atoms with Crippen LogP contribution in [0, 0.1) is 0 Å². The van der Waals surface area contributed by atoms with Gasteiger partial charge in [-0.05, 0) is 38.4 Å². The molecule has 4 nitrogen and oxygen atoms in total. The second kappa shape index (κ2) is 7.41. The number of nitrogens with one attached hydrogen (secondary N) is 1. The zero-order chi connectivity index (χ0) is 14.4. The normalized spacial score (nSPS) is 19.4. The SMILES string of the molecule is CC(CN1CCCCC1)NC(C(=O)O)c1ccccc1. The molecule has 20 heavy (non-hydrogen) atoms. The highest BCUT2D eigenvalue weighted by Crippen LogP contribution is 2.15. The summed E-state index contributed by atoms with van der Waals surface area (Å²) in [6.07, 6.45) is 3.83. The zero-order valence-electron chi connectivity index (χ0n) is 12.1. The average molecular weight is 276 g/mol. The Morgan fingerprint density at radius 3 is 2.50 bits per heavy atom. The molecular formula is C16H24N2O2. The predicted molar refractivity (Wildman–Crippen MR) is 79.7 cm³/mol. The minimum absolute atomic E-state index is 0.161. The average Bonchev–Trinajstić information content (AvgIpc) is 2.46. The van der Waals surface area contributed by atoms with Crippen LogP contribution in [-0.4, -0.2) is 41.7 Å². The van der Waals surface area contributed by atoms with Gasteiger partial charge in [-0.1, -0.05) is 36.8 Å². The molecule has 2 unspecified atom stereocenters. The maximum atomic E-state index is 11.5. The molecule has 110 valence electrons. The van der Waals surface area contributed by atoms with Gasteiger partial charge in [-0.3, -0.25) is 10.1 Å². The van der Waals surface area contributed by atoms with Gasteiger partial charge in [-0.2, -0.15) is 0 Å². The van der Waals surface area contributed by atoms with Gasteiger partial charge in [-0.25, -0.2) is 0 Å². The first-order valence-electron chi connectivity index (χ1n) is 7.43. The Balaban J connectivity index is 1.92. The molecule has 1 saturated heterocycles. The largest absolute Gasteiger partial charge is 0.480 e. The van der Waals surface area contributed by atoms with Crippen LogP contribution < -0.4 is 5.32 Å². The maximum Gasteiger partial charge on any atom is 0.325 e. The van der Waals surface area contributed by atoms with Gasteiger partial charge in [0.25, 0.3) is 0 Å². The van der Waals surface area contributed by atoms with Crippen LogP contribution in [0.1, 0.15) is 37.8 Å². The Morgan fingerprint density at radius 2 is 1.90 bits per heavy atom. The molecule has 0 aromatic heterocycles. The van der Waals surface area contributed by atoms with Crippen molar-refractivity contribution < 1.29 is 9.90 Å². The molecule has 1 fully saturated rings. The minimum Gasteiger partial charge on any atom is -0.480 e. The highest BCUT2D eigenvalue weighted by Gasteiger charge is 2.22. The van der Waals surface area contributed by atoms with Crippen LogP contribution in [0.3, 0.4) is 0 Å². The summed E-state index contributed by atoms with van der Waals surface area (Å²) in [7, 11) is 0. The molecule has 0 bridgehead atoms. The lowest BCUT2D eigenvalue weighted by Gasteiger charge is -2.30. The molecule has 2 N–H and O–H groups in total. The smallest absolute Gasteiger partial charge is 0.325 e. The number of rotatable bonds is 6. The molecule has 0 amide bonds. The van der Waals surface area contributed by atoms with Crippen molar-refractivity contribution in [3.8, 4) is 0 Å². The molecule has 0 spiro atoms. The molecule has 2 atom stereocenters. The number of carboxylic acids is 1. The van der Waals surface area contributed by atoms with E-state index in [0.29, 0.717) is 0 Å². The van der Waals surface area contributed by atoms with Gasteiger partial charge in [0.1, 0.15) is 6.04 Å². The first kappa shape index (κ1) is 15.0. The number of nitrogens with zero attached hydrogens (tertiary/aromatic N) is 1. The Bertz CT molecular complexity index is 416. The molecule has 1 aliphatic rings. The van der Waals surface area contributed by atoms with Crippen molar-refractivity contribution in [1.82, 2.24) is 10.2 Å². The van der Waals surface area contributed by atoms with Crippen molar-refractivity contribution in [3.63, 3.8) is 0 Å². The number of hydrogen-bond donors (Lipinski definition) is 2. The van der Waals surface area contributed by atoms with Crippen LogP contribution >= 0.6 is 0 Å². The van der Waals surface area contributed by atoms with E-state index in [9.17, 15) is 9.90 Å². The van der Waals surface area contributed by atoms with E-state index in [4.69, 9.17) is 0 Å². The van der Waals surface area contributed by atoms with Gasteiger partial charge >= 0.3 is 5.97 Å². The van der Waals surface area contributed by atoms with Crippen molar-refractivity contribution in [3.05, 3.63) is 35.9 Å². The Labute approximate surface area is 120 Å². The van der Waals surface area contributed by atoms with Gasteiger partial charge in [-0.15, -0.1) is 0 Å². The molecule has 1 aliphatic heterocycles. The number of benzene rings is 1. The fourth-order valence-electron chi connectivity index (χ4n) is 2.82. The van der Waals surface area contributed by atoms with Crippen LogP contribution in [0.2, 0.25) is 0 Å². The summed E-state index contributed by atoms with van der Waals surface area (Å²) in [4.78, 5) is 13.9. The molecule has 1 aromatic rings. The third-order valence-electron chi connectivity index (χ3n) is 3.81. The number of carboxylic acid groups (broad SMARTS) is 1. The van der Waals surface area contributed by atoms with E-state index >= 15 is 0 Å². The Hall–Kier alpha value is -1.39. The summed E-state index contributed by atoms with van der Waals surface area (Å²) in [5, 5.41) is 12.6. The molecule has 0 radical (unpaired) electrons. The molecule has 1 heterocycles. The van der Waals surface area contributed by atoms with Crippen LogP contribution in [-0.2, 0) is 4.79 Å². The molecule has 0 saturated carbocycles. The lowest BCUT2D eigenvalue weighted by molar-refractivity contribution is -0.139. The van der Waals surface area contributed by atoms with Gasteiger partial charge < -0.3 is 10.0 Å². The minimum atomic E-state index is -0.818. The lowest BCUT2D eigenvalue weighted by Crippen LogP contribution is -2.44. The van der Waals surface area contributed by atoms with E-state index in [2.05, 4.69) is 17.1 Å². The summed E-state index contributed by atoms with van der Waals surface area (Å²) >= 11 is 0. The van der Waals surface area contributed by atoms with Crippen molar-refractivity contribution in [2.45, 2.75) is 38.3 Å². The monoisotopic (exact) mass is 276 g/mol. The van der Waals surface area contributed by atoms with Crippen molar-refractivity contribution in [1.29, 1.82) is 0 Å². The van der Waals surface area contributed by atoms with E-state index in [1.165, 1.54) is 19.3 Å². The third kappa shape index (κ3) is 4.32. The first-order chi connectivity index (χ1) is 9.66. The lowest BCUT2D eigenvalue weighted by atomic mass is 10.1. The molecule has 2 rings (SSSR count). The number of piperidine rings is 1. The summed E-state index contributed by atoms with van der Waals surface area (Å²) in [5.74, 6) is -0.818. The topological polar surface area (TPSA) is 52.6 Å². The number of hydrogen-bond acceptors (Lipinski definition) is 3. The predicted octanol–water partition coefficient (Wildman–Crippen LogP) is 2.28. The van der Waals surface area contributed by atoms with Crippen molar-refractivity contribution >= 4 is 5.97 Å². The van der Waals surface area contributed by atoms with Crippen LogP contribution in [0.5, 0.6) is 0 Å². The second-order valence-corrected chi connectivity index (χ2v) is 5.61. The fourth-order valence-corrected chi connectivity index (χ4v) is 2.82. The number of likely N-dealkylation sites (tertiary alicyclic amines) is 1. The van der Waals surface area contributed by atoms with Crippen LogP contribution in [0.15, 0.2) is 30.3 Å². The highest BCUT2D eigenvalue weighted by atomic mass is 16.4.